The summed E-state index contributed by atoms with van der Waals surface area (Å²) in [6, 6.07) is 11.7. The number of aromatic nitrogens is 4. The zero-order chi connectivity index (χ0) is 28.0. The molecule has 1 amide bonds. The third kappa shape index (κ3) is 4.67. The van der Waals surface area contributed by atoms with E-state index >= 15 is 0 Å². The quantitative estimate of drug-likeness (QED) is 0.372. The Balaban J connectivity index is 1.20. The number of amides is 1. The molecule has 9 nitrogen and oxygen atoms in total. The first-order valence-corrected chi connectivity index (χ1v) is 13.4. The third-order valence-corrected chi connectivity index (χ3v) is 8.07. The molecule has 10 heteroatoms. The molecule has 1 N–H and O–H groups in total. The molecule has 40 heavy (non-hydrogen) atoms. The van der Waals surface area contributed by atoms with Crippen molar-refractivity contribution in [2.45, 2.75) is 51.5 Å². The van der Waals surface area contributed by atoms with Crippen molar-refractivity contribution in [3.05, 3.63) is 71.1 Å². The van der Waals surface area contributed by atoms with Gasteiger partial charge >= 0.3 is 0 Å². The summed E-state index contributed by atoms with van der Waals surface area (Å²) in [7, 11) is 1.47. The molecule has 2 atom stereocenters. The van der Waals surface area contributed by atoms with E-state index in [1.807, 2.05) is 30.0 Å². The molecule has 1 aromatic carbocycles. The Labute approximate surface area is 231 Å². The Hall–Kier alpha value is -4.34. The summed E-state index contributed by atoms with van der Waals surface area (Å²) >= 11 is 0. The highest BCUT2D eigenvalue weighted by Crippen LogP contribution is 2.39. The van der Waals surface area contributed by atoms with Crippen LogP contribution >= 0.6 is 0 Å². The lowest BCUT2D eigenvalue weighted by Crippen LogP contribution is -2.46. The molecule has 0 saturated carbocycles. The van der Waals surface area contributed by atoms with E-state index in [4.69, 9.17) is 14.1 Å². The lowest BCUT2D eigenvalue weighted by atomic mass is 9.85. The molecule has 206 valence electrons. The fourth-order valence-electron chi connectivity index (χ4n) is 5.81. The van der Waals surface area contributed by atoms with E-state index in [-0.39, 0.29) is 17.3 Å². The van der Waals surface area contributed by atoms with Gasteiger partial charge in [0.15, 0.2) is 0 Å². The van der Waals surface area contributed by atoms with Gasteiger partial charge in [0.2, 0.25) is 23.6 Å². The second kappa shape index (κ2) is 10.0. The van der Waals surface area contributed by atoms with E-state index in [2.05, 4.69) is 32.6 Å². The summed E-state index contributed by atoms with van der Waals surface area (Å²) < 4.78 is 25.2. The zero-order valence-electron chi connectivity index (χ0n) is 23.0. The van der Waals surface area contributed by atoms with Gasteiger partial charge in [-0.05, 0) is 62.4 Å². The number of rotatable bonds is 5. The van der Waals surface area contributed by atoms with E-state index < -0.39 is 11.7 Å². The van der Waals surface area contributed by atoms with E-state index in [1.165, 1.54) is 13.2 Å². The first-order chi connectivity index (χ1) is 19.2. The lowest BCUT2D eigenvalue weighted by molar-refractivity contribution is -0.131. The van der Waals surface area contributed by atoms with Crippen molar-refractivity contribution in [3.63, 3.8) is 0 Å². The largest absolute Gasteiger partial charge is 0.481 e. The molecule has 0 radical (unpaired) electrons. The first-order valence-electron chi connectivity index (χ1n) is 13.4. The summed E-state index contributed by atoms with van der Waals surface area (Å²) in [6.45, 7) is 6.67. The number of hydrogen-bond acceptors (Lipinski definition) is 8. The predicted octanol–water partition coefficient (Wildman–Crippen LogP) is 5.09. The Bertz CT molecular complexity index is 1600. The molecule has 0 bridgehead atoms. The van der Waals surface area contributed by atoms with Gasteiger partial charge in [-0.15, -0.1) is 10.2 Å². The van der Waals surface area contributed by atoms with Gasteiger partial charge in [0, 0.05) is 48.5 Å². The van der Waals surface area contributed by atoms with Gasteiger partial charge in [0.05, 0.1) is 24.8 Å². The third-order valence-electron chi connectivity index (χ3n) is 8.07. The zero-order valence-corrected chi connectivity index (χ0v) is 23.0. The van der Waals surface area contributed by atoms with Crippen molar-refractivity contribution in [1.82, 2.24) is 25.1 Å². The molecule has 3 aromatic heterocycles. The van der Waals surface area contributed by atoms with Gasteiger partial charge in [0.1, 0.15) is 11.6 Å². The predicted molar refractivity (Wildman–Crippen MR) is 147 cm³/mol. The normalized spacial score (nSPS) is 18.9. The highest BCUT2D eigenvalue weighted by molar-refractivity contribution is 5.84. The van der Waals surface area contributed by atoms with Crippen molar-refractivity contribution < 1.29 is 18.3 Å². The SMILES string of the molecule is COc1cc([C@@H](C)C(=O)N2CC[C@@]3(CCc4cc(-c5cccc(-c6nnc(C)o6)c5)c(C)nc4N3)C2)c(F)cn1. The number of nitrogens with one attached hydrogen (secondary N) is 1. The van der Waals surface area contributed by atoms with Gasteiger partial charge in [-0.25, -0.2) is 14.4 Å². The summed E-state index contributed by atoms with van der Waals surface area (Å²) in [5, 5.41) is 11.8. The van der Waals surface area contributed by atoms with Gasteiger partial charge in [0.25, 0.3) is 0 Å². The summed E-state index contributed by atoms with van der Waals surface area (Å²) in [5.74, 6) is 0.921. The van der Waals surface area contributed by atoms with Crippen LogP contribution in [0.1, 0.15) is 48.4 Å². The summed E-state index contributed by atoms with van der Waals surface area (Å²) in [5.41, 5.74) is 5.05. The van der Waals surface area contributed by atoms with Crippen LogP contribution in [0.15, 0.2) is 47.0 Å². The maximum Gasteiger partial charge on any atom is 0.247 e. The van der Waals surface area contributed by atoms with Gasteiger partial charge in [-0.1, -0.05) is 12.1 Å². The number of likely N-dealkylation sites (tertiary alicyclic amines) is 1. The molecule has 6 rings (SSSR count). The van der Waals surface area contributed by atoms with Crippen molar-refractivity contribution >= 4 is 11.7 Å². The number of carbonyl (C=O) groups is 1. The van der Waals surface area contributed by atoms with Crippen LogP contribution in [0.4, 0.5) is 10.2 Å². The minimum atomic E-state index is -0.641. The van der Waals surface area contributed by atoms with Crippen molar-refractivity contribution in [1.29, 1.82) is 0 Å². The fraction of sp³-hybridized carbons (Fsp3) is 0.367. The summed E-state index contributed by atoms with van der Waals surface area (Å²) in [4.78, 5) is 24.1. The Morgan fingerprint density at radius 2 is 2.00 bits per heavy atom. The van der Waals surface area contributed by atoms with Gasteiger partial charge in [-0.2, -0.15) is 0 Å². The Morgan fingerprint density at radius 3 is 2.77 bits per heavy atom. The average Bonchev–Trinajstić information content (AvgIpc) is 3.58. The number of methoxy groups -OCH3 is 1. The lowest BCUT2D eigenvalue weighted by Gasteiger charge is -2.36. The second-order valence-electron chi connectivity index (χ2n) is 10.7. The molecule has 0 aliphatic carbocycles. The van der Waals surface area contributed by atoms with E-state index in [0.717, 1.165) is 59.2 Å². The van der Waals surface area contributed by atoms with Gasteiger partial charge < -0.3 is 19.4 Å². The van der Waals surface area contributed by atoms with Crippen LogP contribution in [-0.2, 0) is 11.2 Å². The molecule has 2 aliphatic heterocycles. The molecule has 1 fully saturated rings. The van der Waals surface area contributed by atoms with Crippen molar-refractivity contribution in [3.8, 4) is 28.5 Å². The van der Waals surface area contributed by atoms with Crippen LogP contribution < -0.4 is 10.1 Å². The number of pyridine rings is 2. The van der Waals surface area contributed by atoms with E-state index in [1.54, 1.807) is 13.8 Å². The number of nitrogens with zero attached hydrogens (tertiary/aromatic N) is 5. The average molecular weight is 543 g/mol. The molecule has 4 aromatic rings. The number of benzene rings is 1. The molecule has 1 saturated heterocycles. The van der Waals surface area contributed by atoms with Crippen molar-refractivity contribution in [2.75, 3.05) is 25.5 Å². The minimum absolute atomic E-state index is 0.104. The topological polar surface area (TPSA) is 106 Å². The monoisotopic (exact) mass is 542 g/mol. The van der Waals surface area contributed by atoms with E-state index in [9.17, 15) is 9.18 Å². The number of anilines is 1. The van der Waals surface area contributed by atoms with Crippen LogP contribution in [0.25, 0.3) is 22.6 Å². The first kappa shape index (κ1) is 25.9. The molecular weight excluding hydrogens is 511 g/mol. The van der Waals surface area contributed by atoms with Crippen LogP contribution in [0.3, 0.4) is 0 Å². The number of ether oxygens (including phenoxy) is 1. The molecule has 1 spiro atoms. The molecular formula is C30H31FN6O3. The molecule has 5 heterocycles. The molecule has 2 aliphatic rings. The maximum atomic E-state index is 14.5. The molecule has 0 unspecified atom stereocenters. The standard InChI is InChI=1S/C30H31FN6O3/c1-17(23-14-26(39-4)32-15-25(23)31)29(38)37-11-10-30(16-37)9-8-21-13-24(18(2)33-27(21)34-30)20-6-5-7-22(12-20)28-36-35-19(3)40-28/h5-7,12-15,17H,8-11,16H2,1-4H3,(H,33,34)/t17-,30+/m1/s1. The highest BCUT2D eigenvalue weighted by Gasteiger charge is 2.43. The number of fused-ring (bicyclic) bond motifs is 1. The Kier molecular flexibility index (Phi) is 6.48. The van der Waals surface area contributed by atoms with Gasteiger partial charge in [-0.3, -0.25) is 4.79 Å². The Morgan fingerprint density at radius 1 is 1.18 bits per heavy atom. The summed E-state index contributed by atoms with van der Waals surface area (Å²) in [6.07, 6.45) is 3.63. The highest BCUT2D eigenvalue weighted by atomic mass is 19.1. The van der Waals surface area contributed by atoms with Crippen LogP contribution in [-0.4, -0.2) is 56.7 Å². The van der Waals surface area contributed by atoms with Crippen LogP contribution in [0, 0.1) is 19.7 Å². The van der Waals surface area contributed by atoms with Crippen molar-refractivity contribution in [2.24, 2.45) is 0 Å². The van der Waals surface area contributed by atoms with Crippen LogP contribution in [0.2, 0.25) is 0 Å². The number of aryl methyl sites for hydroxylation is 3. The van der Waals surface area contributed by atoms with Crippen LogP contribution in [0.5, 0.6) is 5.88 Å². The second-order valence-corrected chi connectivity index (χ2v) is 10.7. The maximum absolute atomic E-state index is 14.5. The number of halogens is 1. The number of carbonyl (C=O) groups excluding carboxylic acids is 1. The minimum Gasteiger partial charge on any atom is -0.481 e. The fourth-order valence-corrected chi connectivity index (χ4v) is 5.81. The van der Waals surface area contributed by atoms with E-state index in [0.29, 0.717) is 30.4 Å². The number of hydrogen-bond donors (Lipinski definition) is 1. The smallest absolute Gasteiger partial charge is 0.247 e.